The Hall–Kier alpha value is -1.95. The molecule has 1 aromatic carbocycles. The molecule has 1 N–H and O–H groups in total. The van der Waals surface area contributed by atoms with Crippen LogP contribution in [0.1, 0.15) is 30.1 Å². The Bertz CT molecular complexity index is 514. The van der Waals surface area contributed by atoms with Crippen molar-refractivity contribution in [2.45, 2.75) is 19.8 Å². The number of hydrogen-bond donors (Lipinski definition) is 1. The molecule has 0 aliphatic carbocycles. The zero-order chi connectivity index (χ0) is 15.8. The first-order valence-corrected chi connectivity index (χ1v) is 6.76. The molecule has 0 saturated heterocycles. The second kappa shape index (κ2) is 8.36. The molecule has 0 aliphatic rings. The van der Waals surface area contributed by atoms with Gasteiger partial charge in [0.25, 0.3) is 0 Å². The van der Waals surface area contributed by atoms with Gasteiger partial charge in [-0.15, -0.1) is 0 Å². The molecule has 116 valence electrons. The number of carbonyl (C=O) groups excluding carboxylic acids is 1. The van der Waals surface area contributed by atoms with Crippen LogP contribution in [0.3, 0.4) is 0 Å². The topological polar surface area (TPSA) is 82.1 Å². The largest absolute Gasteiger partial charge is 0.493 e. The Morgan fingerprint density at radius 2 is 2.05 bits per heavy atom. The van der Waals surface area contributed by atoms with Crippen LogP contribution in [0.15, 0.2) is 12.1 Å². The second-order valence-corrected chi connectivity index (χ2v) is 4.56. The van der Waals surface area contributed by atoms with E-state index in [9.17, 15) is 9.59 Å². The molecule has 0 aromatic heterocycles. The molecule has 0 spiro atoms. The molecule has 6 nitrogen and oxygen atoms in total. The predicted molar refractivity (Wildman–Crippen MR) is 76.3 cm³/mol. The van der Waals surface area contributed by atoms with Gasteiger partial charge in [-0.2, -0.15) is 0 Å². The standard InChI is InChI=1S/C14H17ClO6/c1-3-4-5-20-12(16)8-21-13-10(15)6-9(14(17)18)7-11(13)19-2/h6-7H,3-5,8H2,1-2H3,(H,17,18). The average molecular weight is 317 g/mol. The number of halogens is 1. The molecule has 0 bridgehead atoms. The van der Waals surface area contributed by atoms with Crippen molar-refractivity contribution in [2.24, 2.45) is 0 Å². The van der Waals surface area contributed by atoms with Crippen molar-refractivity contribution in [3.63, 3.8) is 0 Å². The molecule has 0 radical (unpaired) electrons. The molecular weight excluding hydrogens is 300 g/mol. The number of unbranched alkanes of at least 4 members (excludes halogenated alkanes) is 1. The maximum absolute atomic E-state index is 11.5. The van der Waals surface area contributed by atoms with Crippen molar-refractivity contribution in [3.05, 3.63) is 22.7 Å². The van der Waals surface area contributed by atoms with Gasteiger partial charge < -0.3 is 19.3 Å². The van der Waals surface area contributed by atoms with Crippen LogP contribution < -0.4 is 9.47 Å². The number of carboxylic acids is 1. The highest BCUT2D eigenvalue weighted by Gasteiger charge is 2.16. The Balaban J connectivity index is 2.74. The number of methoxy groups -OCH3 is 1. The summed E-state index contributed by atoms with van der Waals surface area (Å²) >= 11 is 5.95. The third kappa shape index (κ3) is 5.15. The van der Waals surface area contributed by atoms with Gasteiger partial charge in [0.05, 0.1) is 24.3 Å². The first-order valence-electron chi connectivity index (χ1n) is 6.38. The summed E-state index contributed by atoms with van der Waals surface area (Å²) in [6.07, 6.45) is 1.70. The highest BCUT2D eigenvalue weighted by molar-refractivity contribution is 6.32. The predicted octanol–water partition coefficient (Wildman–Crippen LogP) is 2.77. The van der Waals surface area contributed by atoms with E-state index in [1.165, 1.54) is 19.2 Å². The van der Waals surface area contributed by atoms with Gasteiger partial charge in [-0.05, 0) is 18.6 Å². The van der Waals surface area contributed by atoms with Gasteiger partial charge in [0.1, 0.15) is 0 Å². The quantitative estimate of drug-likeness (QED) is 0.586. The molecule has 0 unspecified atom stereocenters. The molecule has 0 amide bonds. The monoisotopic (exact) mass is 316 g/mol. The van der Waals surface area contributed by atoms with Crippen LogP contribution in [0, 0.1) is 0 Å². The van der Waals surface area contributed by atoms with E-state index in [2.05, 4.69) is 0 Å². The fraction of sp³-hybridized carbons (Fsp3) is 0.429. The van der Waals surface area contributed by atoms with Gasteiger partial charge in [-0.25, -0.2) is 9.59 Å². The van der Waals surface area contributed by atoms with Crippen LogP contribution in [0.2, 0.25) is 5.02 Å². The maximum atomic E-state index is 11.5. The number of rotatable bonds is 8. The molecule has 0 heterocycles. The summed E-state index contributed by atoms with van der Waals surface area (Å²) in [4.78, 5) is 22.4. The summed E-state index contributed by atoms with van der Waals surface area (Å²) < 4.78 is 15.2. The SMILES string of the molecule is CCCCOC(=O)COc1c(Cl)cc(C(=O)O)cc1OC. The molecule has 1 rings (SSSR count). The minimum Gasteiger partial charge on any atom is -0.493 e. The Morgan fingerprint density at radius 3 is 2.62 bits per heavy atom. The van der Waals surface area contributed by atoms with Gasteiger partial charge in [-0.1, -0.05) is 24.9 Å². The fourth-order valence-electron chi connectivity index (χ4n) is 1.49. The normalized spacial score (nSPS) is 10.0. The maximum Gasteiger partial charge on any atom is 0.344 e. The van der Waals surface area contributed by atoms with E-state index in [0.717, 1.165) is 12.8 Å². The zero-order valence-electron chi connectivity index (χ0n) is 11.8. The van der Waals surface area contributed by atoms with Crippen LogP contribution in [-0.4, -0.2) is 37.4 Å². The Morgan fingerprint density at radius 1 is 1.33 bits per heavy atom. The highest BCUT2D eigenvalue weighted by atomic mass is 35.5. The van der Waals surface area contributed by atoms with E-state index >= 15 is 0 Å². The van der Waals surface area contributed by atoms with E-state index in [1.807, 2.05) is 6.92 Å². The van der Waals surface area contributed by atoms with Crippen LogP contribution in [-0.2, 0) is 9.53 Å². The summed E-state index contributed by atoms with van der Waals surface area (Å²) in [6, 6.07) is 2.50. The number of benzene rings is 1. The van der Waals surface area contributed by atoms with E-state index in [4.69, 9.17) is 30.9 Å². The number of aromatic carboxylic acids is 1. The fourth-order valence-corrected chi connectivity index (χ4v) is 1.75. The molecule has 0 atom stereocenters. The lowest BCUT2D eigenvalue weighted by molar-refractivity contribution is -0.146. The van der Waals surface area contributed by atoms with Gasteiger partial charge >= 0.3 is 11.9 Å². The number of carboxylic acid groups (broad SMARTS) is 1. The number of hydrogen-bond acceptors (Lipinski definition) is 5. The van der Waals surface area contributed by atoms with Crippen molar-refractivity contribution in [3.8, 4) is 11.5 Å². The number of esters is 1. The second-order valence-electron chi connectivity index (χ2n) is 4.16. The Labute approximate surface area is 127 Å². The minimum atomic E-state index is -1.14. The minimum absolute atomic E-state index is 0.0327. The first-order chi connectivity index (χ1) is 9.99. The van der Waals surface area contributed by atoms with E-state index in [-0.39, 0.29) is 28.7 Å². The summed E-state index contributed by atoms with van der Waals surface area (Å²) in [7, 11) is 1.35. The number of ether oxygens (including phenoxy) is 3. The zero-order valence-corrected chi connectivity index (χ0v) is 12.6. The van der Waals surface area contributed by atoms with Crippen LogP contribution in [0.4, 0.5) is 0 Å². The first kappa shape index (κ1) is 17.1. The van der Waals surface area contributed by atoms with Crippen LogP contribution >= 0.6 is 11.6 Å². The van der Waals surface area contributed by atoms with Crippen molar-refractivity contribution >= 4 is 23.5 Å². The lowest BCUT2D eigenvalue weighted by Crippen LogP contribution is -2.16. The summed E-state index contributed by atoms with van der Waals surface area (Å²) in [6.45, 7) is 1.99. The lowest BCUT2D eigenvalue weighted by atomic mass is 10.2. The van der Waals surface area contributed by atoms with Gasteiger partial charge in [0.2, 0.25) is 0 Å². The molecular formula is C14H17ClO6. The summed E-state index contributed by atoms with van der Waals surface area (Å²) in [5.41, 5.74) is -0.0327. The summed E-state index contributed by atoms with van der Waals surface area (Å²) in [5.74, 6) is -1.41. The van der Waals surface area contributed by atoms with Crippen LogP contribution in [0.5, 0.6) is 11.5 Å². The molecule has 7 heteroatoms. The third-order valence-electron chi connectivity index (χ3n) is 2.57. The Kier molecular flexibility index (Phi) is 6.81. The van der Waals surface area contributed by atoms with E-state index in [0.29, 0.717) is 6.61 Å². The average Bonchev–Trinajstić information content (AvgIpc) is 2.45. The van der Waals surface area contributed by atoms with E-state index < -0.39 is 11.9 Å². The molecule has 1 aromatic rings. The molecule has 21 heavy (non-hydrogen) atoms. The molecule has 0 saturated carbocycles. The lowest BCUT2D eigenvalue weighted by Gasteiger charge is -2.12. The number of carbonyl (C=O) groups is 2. The third-order valence-corrected chi connectivity index (χ3v) is 2.85. The van der Waals surface area contributed by atoms with Crippen molar-refractivity contribution in [2.75, 3.05) is 20.3 Å². The smallest absolute Gasteiger partial charge is 0.344 e. The van der Waals surface area contributed by atoms with Crippen molar-refractivity contribution < 1.29 is 28.9 Å². The van der Waals surface area contributed by atoms with Crippen molar-refractivity contribution in [1.82, 2.24) is 0 Å². The van der Waals surface area contributed by atoms with Gasteiger partial charge in [0.15, 0.2) is 18.1 Å². The highest BCUT2D eigenvalue weighted by Crippen LogP contribution is 2.36. The van der Waals surface area contributed by atoms with Crippen molar-refractivity contribution in [1.29, 1.82) is 0 Å². The van der Waals surface area contributed by atoms with E-state index in [1.54, 1.807) is 0 Å². The summed E-state index contributed by atoms with van der Waals surface area (Å²) in [5, 5.41) is 8.98. The van der Waals surface area contributed by atoms with Gasteiger partial charge in [0, 0.05) is 0 Å². The van der Waals surface area contributed by atoms with Gasteiger partial charge in [-0.3, -0.25) is 0 Å². The van der Waals surface area contributed by atoms with Crippen LogP contribution in [0.25, 0.3) is 0 Å². The molecule has 0 fully saturated rings. The molecule has 0 aliphatic heterocycles.